The van der Waals surface area contributed by atoms with Crippen molar-refractivity contribution in [1.82, 2.24) is 19.8 Å². The normalized spacial score (nSPS) is 20.7. The van der Waals surface area contributed by atoms with Gasteiger partial charge in [-0.05, 0) is 31.2 Å². The molecule has 1 saturated heterocycles. The Labute approximate surface area is 139 Å². The molecule has 0 unspecified atom stereocenters. The number of nitrogens with zero attached hydrogens (tertiary/aromatic N) is 4. The van der Waals surface area contributed by atoms with E-state index in [4.69, 9.17) is 4.52 Å². The number of hydrogen-bond acceptors (Lipinski definition) is 5. The van der Waals surface area contributed by atoms with Crippen LogP contribution in [0.1, 0.15) is 41.8 Å². The second kappa shape index (κ2) is 5.89. The summed E-state index contributed by atoms with van der Waals surface area (Å²) >= 11 is 0. The molecule has 0 radical (unpaired) electrons. The summed E-state index contributed by atoms with van der Waals surface area (Å²) < 4.78 is 7.09. The highest BCUT2D eigenvalue weighted by molar-refractivity contribution is 6.03. The van der Waals surface area contributed by atoms with Gasteiger partial charge in [-0.1, -0.05) is 5.16 Å². The predicted octanol–water partition coefficient (Wildman–Crippen LogP) is 1.40. The largest absolute Gasteiger partial charge is 0.361 e. The third kappa shape index (κ3) is 2.64. The van der Waals surface area contributed by atoms with Crippen LogP contribution in [0.3, 0.4) is 0 Å². The number of amides is 2. The third-order valence-corrected chi connectivity index (χ3v) is 4.92. The Morgan fingerprint density at radius 2 is 2.12 bits per heavy atom. The van der Waals surface area contributed by atoms with Crippen LogP contribution in [0.15, 0.2) is 16.9 Å². The fourth-order valence-electron chi connectivity index (χ4n) is 3.66. The quantitative estimate of drug-likeness (QED) is 0.793. The number of rotatable bonds is 4. The van der Waals surface area contributed by atoms with Crippen molar-refractivity contribution in [3.05, 3.63) is 35.0 Å². The van der Waals surface area contributed by atoms with Gasteiger partial charge in [0, 0.05) is 31.6 Å². The second-order valence-electron chi connectivity index (χ2n) is 6.68. The molecule has 7 nitrogen and oxygen atoms in total. The minimum absolute atomic E-state index is 0.114. The Morgan fingerprint density at radius 1 is 1.29 bits per heavy atom. The van der Waals surface area contributed by atoms with E-state index in [-0.39, 0.29) is 30.7 Å². The van der Waals surface area contributed by atoms with Crippen molar-refractivity contribution in [1.29, 1.82) is 0 Å². The highest BCUT2D eigenvalue weighted by Crippen LogP contribution is 2.29. The van der Waals surface area contributed by atoms with Crippen LogP contribution in [0.4, 0.5) is 0 Å². The van der Waals surface area contributed by atoms with Crippen molar-refractivity contribution >= 4 is 11.8 Å². The van der Waals surface area contributed by atoms with Crippen molar-refractivity contribution in [2.45, 2.75) is 45.1 Å². The molecule has 4 rings (SSSR count). The van der Waals surface area contributed by atoms with E-state index >= 15 is 0 Å². The SMILES string of the molecule is Cn1cc(C[C@@H]2CC(=O)N(Cc3noc4c3CCCC4)C2=O)cn1. The van der Waals surface area contributed by atoms with E-state index in [1.54, 1.807) is 10.9 Å². The van der Waals surface area contributed by atoms with Gasteiger partial charge in [0.2, 0.25) is 11.8 Å². The molecule has 7 heteroatoms. The minimum Gasteiger partial charge on any atom is -0.361 e. The molecule has 0 spiro atoms. The summed E-state index contributed by atoms with van der Waals surface area (Å²) in [5, 5.41) is 8.22. The summed E-state index contributed by atoms with van der Waals surface area (Å²) in [6, 6.07) is 0. The maximum absolute atomic E-state index is 12.6. The van der Waals surface area contributed by atoms with E-state index in [0.29, 0.717) is 6.42 Å². The van der Waals surface area contributed by atoms with Crippen molar-refractivity contribution < 1.29 is 14.1 Å². The lowest BCUT2D eigenvalue weighted by Gasteiger charge is -2.15. The maximum Gasteiger partial charge on any atom is 0.233 e. The number of fused-ring (bicyclic) bond motifs is 1. The molecule has 0 saturated carbocycles. The number of hydrogen-bond donors (Lipinski definition) is 0. The maximum atomic E-state index is 12.6. The third-order valence-electron chi connectivity index (χ3n) is 4.92. The zero-order valence-corrected chi connectivity index (χ0v) is 13.7. The van der Waals surface area contributed by atoms with Crippen LogP contribution in [-0.2, 0) is 42.4 Å². The highest BCUT2D eigenvalue weighted by Gasteiger charge is 2.39. The first kappa shape index (κ1) is 15.1. The van der Waals surface area contributed by atoms with Gasteiger partial charge in [0.05, 0.1) is 18.7 Å². The van der Waals surface area contributed by atoms with Gasteiger partial charge in [-0.25, -0.2) is 0 Å². The molecule has 126 valence electrons. The van der Waals surface area contributed by atoms with Gasteiger partial charge in [-0.15, -0.1) is 0 Å². The van der Waals surface area contributed by atoms with Crippen molar-refractivity contribution in [3.8, 4) is 0 Å². The Morgan fingerprint density at radius 3 is 2.92 bits per heavy atom. The summed E-state index contributed by atoms with van der Waals surface area (Å²) in [4.78, 5) is 26.3. The monoisotopic (exact) mass is 328 g/mol. The molecule has 2 aromatic rings. The zero-order chi connectivity index (χ0) is 16.7. The number of aryl methyl sites for hydroxylation is 2. The summed E-state index contributed by atoms with van der Waals surface area (Å²) in [7, 11) is 1.84. The van der Waals surface area contributed by atoms with E-state index in [0.717, 1.165) is 48.3 Å². The average Bonchev–Trinajstić information content (AvgIpc) is 3.23. The van der Waals surface area contributed by atoms with Gasteiger partial charge in [0.1, 0.15) is 11.5 Å². The summed E-state index contributed by atoms with van der Waals surface area (Å²) in [5.41, 5.74) is 2.82. The summed E-state index contributed by atoms with van der Waals surface area (Å²) in [5.74, 6) is 0.379. The van der Waals surface area contributed by atoms with Crippen LogP contribution in [0.2, 0.25) is 0 Å². The second-order valence-corrected chi connectivity index (χ2v) is 6.68. The first-order chi connectivity index (χ1) is 11.6. The van der Waals surface area contributed by atoms with Crippen molar-refractivity contribution in [2.24, 2.45) is 13.0 Å². The lowest BCUT2D eigenvalue weighted by Crippen LogP contribution is -2.31. The molecule has 2 aliphatic rings. The van der Waals surface area contributed by atoms with E-state index < -0.39 is 0 Å². The lowest BCUT2D eigenvalue weighted by atomic mass is 9.96. The molecule has 0 N–H and O–H groups in total. The first-order valence-electron chi connectivity index (χ1n) is 8.40. The zero-order valence-electron chi connectivity index (χ0n) is 13.7. The van der Waals surface area contributed by atoms with Crippen LogP contribution < -0.4 is 0 Å². The van der Waals surface area contributed by atoms with Crippen LogP contribution in [0.25, 0.3) is 0 Å². The molecule has 3 heterocycles. The lowest BCUT2D eigenvalue weighted by molar-refractivity contribution is -0.140. The topological polar surface area (TPSA) is 81.2 Å². The van der Waals surface area contributed by atoms with Crippen LogP contribution >= 0.6 is 0 Å². The number of carbonyl (C=O) groups excluding carboxylic acids is 2. The Hall–Kier alpha value is -2.44. The van der Waals surface area contributed by atoms with Crippen LogP contribution in [-0.4, -0.2) is 31.7 Å². The molecule has 24 heavy (non-hydrogen) atoms. The predicted molar refractivity (Wildman–Crippen MR) is 83.7 cm³/mol. The smallest absolute Gasteiger partial charge is 0.233 e. The Kier molecular flexibility index (Phi) is 3.70. The van der Waals surface area contributed by atoms with Gasteiger partial charge >= 0.3 is 0 Å². The van der Waals surface area contributed by atoms with E-state index in [1.807, 2.05) is 13.2 Å². The molecule has 1 atom stereocenters. The number of likely N-dealkylation sites (tertiary alicyclic amines) is 1. The summed E-state index contributed by atoms with van der Waals surface area (Å²) in [6.07, 6.45) is 8.46. The number of aromatic nitrogens is 3. The van der Waals surface area contributed by atoms with Gasteiger partial charge in [0.25, 0.3) is 0 Å². The van der Waals surface area contributed by atoms with Gasteiger partial charge in [-0.2, -0.15) is 5.10 Å². The van der Waals surface area contributed by atoms with Crippen LogP contribution in [0.5, 0.6) is 0 Å². The molecule has 2 aromatic heterocycles. The van der Waals surface area contributed by atoms with Crippen molar-refractivity contribution in [3.63, 3.8) is 0 Å². The van der Waals surface area contributed by atoms with Gasteiger partial charge < -0.3 is 4.52 Å². The fourth-order valence-corrected chi connectivity index (χ4v) is 3.66. The Balaban J connectivity index is 1.48. The molecule has 1 aliphatic carbocycles. The molecular formula is C17H20N4O3. The molecule has 0 aromatic carbocycles. The van der Waals surface area contributed by atoms with E-state index in [1.165, 1.54) is 4.90 Å². The summed E-state index contributed by atoms with van der Waals surface area (Å²) in [6.45, 7) is 0.236. The fraction of sp³-hybridized carbons (Fsp3) is 0.529. The number of carbonyl (C=O) groups is 2. The van der Waals surface area contributed by atoms with E-state index in [2.05, 4.69) is 10.3 Å². The first-order valence-corrected chi connectivity index (χ1v) is 8.40. The van der Waals surface area contributed by atoms with Crippen molar-refractivity contribution in [2.75, 3.05) is 0 Å². The molecule has 2 amide bonds. The van der Waals surface area contributed by atoms with Gasteiger partial charge in [-0.3, -0.25) is 19.2 Å². The molecule has 1 aliphatic heterocycles. The number of imide groups is 1. The molecule has 1 fully saturated rings. The molecule has 0 bridgehead atoms. The molecular weight excluding hydrogens is 308 g/mol. The van der Waals surface area contributed by atoms with Gasteiger partial charge in [0.15, 0.2) is 0 Å². The van der Waals surface area contributed by atoms with E-state index in [9.17, 15) is 9.59 Å². The standard InChI is InChI=1S/C17H20N4O3/c1-20-9-11(8-18-20)6-12-7-16(22)21(17(12)23)10-14-13-4-2-3-5-15(13)24-19-14/h8-9,12H,2-7,10H2,1H3/t12-/m1/s1. The van der Waals surface area contributed by atoms with Crippen LogP contribution in [0, 0.1) is 5.92 Å². The minimum atomic E-state index is -0.301. The highest BCUT2D eigenvalue weighted by atomic mass is 16.5. The average molecular weight is 328 g/mol. The Bertz CT molecular complexity index is 792.